The Hall–Kier alpha value is -3.41. The third-order valence-electron chi connectivity index (χ3n) is 5.37. The standard InChI is InChI=1S/C23H23N3O3/c1-15-5-8-18(9-6-15)26-22(28)19(21(27)24-23(26)29)14-17-7-10-20(16(2)13-17)25-11-3-4-12-25/h5-10,13-14H,3-4,11-12H2,1-2H3,(H,24,27,29)/b19-14-. The fourth-order valence-electron chi connectivity index (χ4n) is 3.83. The van der Waals surface area contributed by atoms with E-state index in [1.807, 2.05) is 44.2 Å². The van der Waals surface area contributed by atoms with Crippen LogP contribution in [0.4, 0.5) is 16.2 Å². The van der Waals surface area contributed by atoms with Gasteiger partial charge in [-0.2, -0.15) is 0 Å². The van der Waals surface area contributed by atoms with Crippen LogP contribution in [0.15, 0.2) is 48.0 Å². The minimum Gasteiger partial charge on any atom is -0.371 e. The van der Waals surface area contributed by atoms with Gasteiger partial charge in [0.2, 0.25) is 0 Å². The Morgan fingerprint density at radius 2 is 1.62 bits per heavy atom. The van der Waals surface area contributed by atoms with Gasteiger partial charge in [0.1, 0.15) is 5.57 Å². The summed E-state index contributed by atoms with van der Waals surface area (Å²) in [7, 11) is 0. The lowest BCUT2D eigenvalue weighted by Crippen LogP contribution is -2.54. The number of amides is 4. The van der Waals surface area contributed by atoms with Crippen LogP contribution in [0.5, 0.6) is 0 Å². The zero-order valence-electron chi connectivity index (χ0n) is 16.6. The number of benzene rings is 2. The summed E-state index contributed by atoms with van der Waals surface area (Å²) < 4.78 is 0. The molecule has 2 aromatic carbocycles. The first-order chi connectivity index (χ1) is 13.9. The van der Waals surface area contributed by atoms with E-state index in [2.05, 4.69) is 10.2 Å². The predicted molar refractivity (Wildman–Crippen MR) is 113 cm³/mol. The highest BCUT2D eigenvalue weighted by Gasteiger charge is 2.36. The van der Waals surface area contributed by atoms with Crippen LogP contribution in [0.3, 0.4) is 0 Å². The number of hydrogen-bond acceptors (Lipinski definition) is 4. The van der Waals surface area contributed by atoms with Crippen molar-refractivity contribution < 1.29 is 14.4 Å². The third kappa shape index (κ3) is 3.66. The number of urea groups is 1. The molecule has 2 aromatic rings. The molecule has 0 unspecified atom stereocenters. The van der Waals surface area contributed by atoms with Crippen molar-refractivity contribution in [3.63, 3.8) is 0 Å². The van der Waals surface area contributed by atoms with Crippen LogP contribution in [0.25, 0.3) is 6.08 Å². The van der Waals surface area contributed by atoms with Crippen molar-refractivity contribution in [2.75, 3.05) is 22.9 Å². The molecule has 6 heteroatoms. The molecule has 0 radical (unpaired) electrons. The summed E-state index contributed by atoms with van der Waals surface area (Å²) >= 11 is 0. The lowest BCUT2D eigenvalue weighted by atomic mass is 10.0. The summed E-state index contributed by atoms with van der Waals surface area (Å²) in [5.41, 5.74) is 4.41. The van der Waals surface area contributed by atoms with Crippen LogP contribution in [-0.4, -0.2) is 30.9 Å². The minimum absolute atomic E-state index is 0.0569. The number of aryl methyl sites for hydroxylation is 2. The van der Waals surface area contributed by atoms with Gasteiger partial charge in [-0.15, -0.1) is 0 Å². The molecule has 2 aliphatic rings. The van der Waals surface area contributed by atoms with Gasteiger partial charge in [0, 0.05) is 18.8 Å². The molecule has 0 spiro atoms. The van der Waals surface area contributed by atoms with Crippen molar-refractivity contribution in [2.24, 2.45) is 0 Å². The average molecular weight is 389 g/mol. The second kappa shape index (κ2) is 7.54. The Kier molecular flexibility index (Phi) is 4.92. The maximum atomic E-state index is 13.0. The quantitative estimate of drug-likeness (QED) is 0.644. The molecule has 0 aromatic heterocycles. The Labute approximate surface area is 169 Å². The number of imide groups is 2. The smallest absolute Gasteiger partial charge is 0.335 e. The molecule has 0 saturated carbocycles. The molecular weight excluding hydrogens is 366 g/mol. The van der Waals surface area contributed by atoms with Crippen LogP contribution < -0.4 is 15.1 Å². The first kappa shape index (κ1) is 18.9. The van der Waals surface area contributed by atoms with Crippen molar-refractivity contribution in [3.05, 3.63) is 64.7 Å². The predicted octanol–water partition coefficient (Wildman–Crippen LogP) is 3.57. The fraction of sp³-hybridized carbons (Fsp3) is 0.261. The highest BCUT2D eigenvalue weighted by Crippen LogP contribution is 2.27. The summed E-state index contributed by atoms with van der Waals surface area (Å²) in [6.07, 6.45) is 3.94. The molecule has 148 valence electrons. The van der Waals surface area contributed by atoms with Crippen LogP contribution in [0.2, 0.25) is 0 Å². The SMILES string of the molecule is Cc1ccc(N2C(=O)NC(=O)/C(=C/c3ccc(N4CCCC4)c(C)c3)C2=O)cc1. The van der Waals surface area contributed by atoms with Gasteiger partial charge in [-0.25, -0.2) is 9.69 Å². The summed E-state index contributed by atoms with van der Waals surface area (Å²) in [6.45, 7) is 6.05. The van der Waals surface area contributed by atoms with Crippen LogP contribution in [0.1, 0.15) is 29.5 Å². The van der Waals surface area contributed by atoms with Gasteiger partial charge in [-0.3, -0.25) is 14.9 Å². The lowest BCUT2D eigenvalue weighted by Gasteiger charge is -2.26. The molecule has 6 nitrogen and oxygen atoms in total. The third-order valence-corrected chi connectivity index (χ3v) is 5.37. The minimum atomic E-state index is -0.735. The zero-order valence-corrected chi connectivity index (χ0v) is 16.6. The largest absolute Gasteiger partial charge is 0.371 e. The molecule has 2 saturated heterocycles. The van der Waals surface area contributed by atoms with Gasteiger partial charge in [0.05, 0.1) is 5.69 Å². The first-order valence-corrected chi connectivity index (χ1v) is 9.78. The molecule has 29 heavy (non-hydrogen) atoms. The second-order valence-electron chi connectivity index (χ2n) is 7.53. The molecule has 1 N–H and O–H groups in total. The molecular formula is C23H23N3O3. The van der Waals surface area contributed by atoms with Crippen LogP contribution in [-0.2, 0) is 9.59 Å². The second-order valence-corrected chi connectivity index (χ2v) is 7.53. The normalized spacial score (nSPS) is 18.6. The Morgan fingerprint density at radius 1 is 0.931 bits per heavy atom. The number of nitrogens with zero attached hydrogens (tertiary/aromatic N) is 2. The molecule has 2 heterocycles. The van der Waals surface area contributed by atoms with Gasteiger partial charge >= 0.3 is 6.03 Å². The number of rotatable bonds is 3. The maximum Gasteiger partial charge on any atom is 0.335 e. The molecule has 2 fully saturated rings. The zero-order chi connectivity index (χ0) is 20.5. The molecule has 4 rings (SSSR count). The van der Waals surface area contributed by atoms with Crippen molar-refractivity contribution in [2.45, 2.75) is 26.7 Å². The number of nitrogens with one attached hydrogen (secondary N) is 1. The molecule has 0 aliphatic carbocycles. The number of carbonyl (C=O) groups is 3. The fourth-order valence-corrected chi connectivity index (χ4v) is 3.83. The molecule has 4 amide bonds. The topological polar surface area (TPSA) is 69.7 Å². The van der Waals surface area contributed by atoms with Gasteiger partial charge < -0.3 is 4.90 Å². The van der Waals surface area contributed by atoms with E-state index in [1.165, 1.54) is 18.5 Å². The number of anilines is 2. The summed E-state index contributed by atoms with van der Waals surface area (Å²) in [6, 6.07) is 12.2. The Balaban J connectivity index is 1.65. The summed E-state index contributed by atoms with van der Waals surface area (Å²) in [5, 5.41) is 2.26. The van der Waals surface area contributed by atoms with Gasteiger partial charge in [0.15, 0.2) is 0 Å². The maximum absolute atomic E-state index is 13.0. The monoisotopic (exact) mass is 389 g/mol. The van der Waals surface area contributed by atoms with Gasteiger partial charge in [-0.1, -0.05) is 23.8 Å². The number of hydrogen-bond donors (Lipinski definition) is 1. The van der Waals surface area contributed by atoms with E-state index in [9.17, 15) is 14.4 Å². The number of barbiturate groups is 1. The lowest BCUT2D eigenvalue weighted by molar-refractivity contribution is -0.122. The van der Waals surface area contributed by atoms with Gasteiger partial charge in [-0.05, 0) is 68.2 Å². The molecule has 0 bridgehead atoms. The Morgan fingerprint density at radius 3 is 2.28 bits per heavy atom. The van der Waals surface area contributed by atoms with E-state index in [-0.39, 0.29) is 5.57 Å². The van der Waals surface area contributed by atoms with Crippen LogP contribution in [0, 0.1) is 13.8 Å². The van der Waals surface area contributed by atoms with E-state index in [4.69, 9.17) is 0 Å². The van der Waals surface area contributed by atoms with Crippen LogP contribution >= 0.6 is 0 Å². The highest BCUT2D eigenvalue weighted by molar-refractivity contribution is 6.39. The summed E-state index contributed by atoms with van der Waals surface area (Å²) in [5.74, 6) is -1.30. The van der Waals surface area contributed by atoms with E-state index in [0.717, 1.165) is 34.7 Å². The van der Waals surface area contributed by atoms with E-state index < -0.39 is 17.8 Å². The van der Waals surface area contributed by atoms with Crippen molar-refractivity contribution >= 4 is 35.3 Å². The first-order valence-electron chi connectivity index (χ1n) is 9.78. The van der Waals surface area contributed by atoms with E-state index in [0.29, 0.717) is 5.69 Å². The van der Waals surface area contributed by atoms with E-state index >= 15 is 0 Å². The average Bonchev–Trinajstić information content (AvgIpc) is 3.21. The van der Waals surface area contributed by atoms with Crippen molar-refractivity contribution in [1.29, 1.82) is 0 Å². The van der Waals surface area contributed by atoms with Crippen molar-refractivity contribution in [3.8, 4) is 0 Å². The molecule has 2 aliphatic heterocycles. The summed E-state index contributed by atoms with van der Waals surface area (Å²) in [4.78, 5) is 41.0. The van der Waals surface area contributed by atoms with E-state index in [1.54, 1.807) is 18.2 Å². The molecule has 0 atom stereocenters. The van der Waals surface area contributed by atoms with Gasteiger partial charge in [0.25, 0.3) is 11.8 Å². The van der Waals surface area contributed by atoms with Crippen molar-refractivity contribution in [1.82, 2.24) is 5.32 Å². The highest BCUT2D eigenvalue weighted by atomic mass is 16.2. The Bertz CT molecular complexity index is 1020. The number of carbonyl (C=O) groups excluding carboxylic acids is 3.